The van der Waals surface area contributed by atoms with Gasteiger partial charge in [0.15, 0.2) is 0 Å². The van der Waals surface area contributed by atoms with Crippen LogP contribution < -0.4 is 0 Å². The average molecular weight is 244 g/mol. The van der Waals surface area contributed by atoms with E-state index in [-0.39, 0.29) is 11.8 Å². The molecule has 94 valence electrons. The van der Waals surface area contributed by atoms with Crippen LogP contribution in [0.3, 0.4) is 0 Å². The zero-order valence-corrected chi connectivity index (χ0v) is 10.5. The van der Waals surface area contributed by atoms with Crippen LogP contribution in [0, 0.1) is 5.92 Å². The fourth-order valence-electron chi connectivity index (χ4n) is 2.46. The SMILES string of the molecule is CON(C)C(=O)C1CC1c1ccc2cc[nH]c2c1. The fraction of sp³-hybridized carbons (Fsp3) is 0.357. The molecule has 3 rings (SSSR count). The third-order valence-electron chi connectivity index (χ3n) is 3.70. The lowest BCUT2D eigenvalue weighted by Gasteiger charge is -2.13. The number of aromatic amines is 1. The summed E-state index contributed by atoms with van der Waals surface area (Å²) in [5.41, 5.74) is 2.36. The van der Waals surface area contributed by atoms with Crippen molar-refractivity contribution in [1.29, 1.82) is 0 Å². The molecule has 1 aromatic carbocycles. The van der Waals surface area contributed by atoms with Crippen molar-refractivity contribution in [2.45, 2.75) is 12.3 Å². The van der Waals surface area contributed by atoms with Crippen LogP contribution >= 0.6 is 0 Å². The van der Waals surface area contributed by atoms with Crippen molar-refractivity contribution in [2.24, 2.45) is 5.92 Å². The quantitative estimate of drug-likeness (QED) is 0.842. The van der Waals surface area contributed by atoms with Gasteiger partial charge in [-0.2, -0.15) is 0 Å². The molecule has 0 radical (unpaired) electrons. The highest BCUT2D eigenvalue weighted by Gasteiger charge is 2.45. The van der Waals surface area contributed by atoms with Gasteiger partial charge in [0.05, 0.1) is 7.11 Å². The van der Waals surface area contributed by atoms with Gasteiger partial charge in [-0.1, -0.05) is 12.1 Å². The number of nitrogens with zero attached hydrogens (tertiary/aromatic N) is 1. The molecule has 18 heavy (non-hydrogen) atoms. The smallest absolute Gasteiger partial charge is 0.249 e. The summed E-state index contributed by atoms with van der Waals surface area (Å²) in [6.07, 6.45) is 2.85. The van der Waals surface area contributed by atoms with Crippen LogP contribution in [0.5, 0.6) is 0 Å². The molecule has 0 saturated heterocycles. The van der Waals surface area contributed by atoms with Crippen molar-refractivity contribution in [1.82, 2.24) is 10.0 Å². The first-order valence-electron chi connectivity index (χ1n) is 6.09. The second-order valence-electron chi connectivity index (χ2n) is 4.79. The Kier molecular flexibility index (Phi) is 2.59. The van der Waals surface area contributed by atoms with E-state index in [0.717, 1.165) is 11.9 Å². The molecule has 1 aliphatic carbocycles. The first-order valence-corrected chi connectivity index (χ1v) is 6.09. The average Bonchev–Trinajstić information content (AvgIpc) is 3.06. The maximum atomic E-state index is 11.9. The van der Waals surface area contributed by atoms with E-state index in [1.807, 2.05) is 12.3 Å². The molecule has 2 atom stereocenters. The maximum Gasteiger partial charge on any atom is 0.249 e. The van der Waals surface area contributed by atoms with E-state index < -0.39 is 0 Å². The van der Waals surface area contributed by atoms with Gasteiger partial charge in [0.1, 0.15) is 0 Å². The minimum absolute atomic E-state index is 0.0640. The number of hydrogen-bond acceptors (Lipinski definition) is 2. The predicted octanol–water partition coefficient (Wildman–Crippen LogP) is 2.29. The Balaban J connectivity index is 1.79. The number of amides is 1. The highest BCUT2D eigenvalue weighted by Crippen LogP contribution is 2.48. The molecule has 1 fully saturated rings. The van der Waals surface area contributed by atoms with Gasteiger partial charge in [-0.05, 0) is 35.4 Å². The molecule has 2 unspecified atom stereocenters. The third-order valence-corrected chi connectivity index (χ3v) is 3.70. The number of H-pyrrole nitrogens is 1. The first-order chi connectivity index (χ1) is 8.70. The Hall–Kier alpha value is -1.81. The molecule has 0 bridgehead atoms. The largest absolute Gasteiger partial charge is 0.361 e. The molecule has 1 N–H and O–H groups in total. The normalized spacial score (nSPS) is 22.1. The minimum Gasteiger partial charge on any atom is -0.361 e. The number of aromatic nitrogens is 1. The van der Waals surface area contributed by atoms with Crippen molar-refractivity contribution in [2.75, 3.05) is 14.2 Å². The number of hydrogen-bond donors (Lipinski definition) is 1. The van der Waals surface area contributed by atoms with Gasteiger partial charge in [-0.3, -0.25) is 9.63 Å². The second kappa shape index (κ2) is 4.14. The van der Waals surface area contributed by atoms with Gasteiger partial charge < -0.3 is 4.98 Å². The number of benzene rings is 1. The lowest BCUT2D eigenvalue weighted by molar-refractivity contribution is -0.170. The highest BCUT2D eigenvalue weighted by molar-refractivity contribution is 5.84. The van der Waals surface area contributed by atoms with Crippen molar-refractivity contribution in [3.63, 3.8) is 0 Å². The van der Waals surface area contributed by atoms with Crippen molar-refractivity contribution < 1.29 is 9.63 Å². The number of carbonyl (C=O) groups is 1. The lowest BCUT2D eigenvalue weighted by atomic mass is 10.1. The Morgan fingerprint density at radius 1 is 1.44 bits per heavy atom. The Morgan fingerprint density at radius 3 is 3.06 bits per heavy atom. The molecule has 1 aliphatic rings. The monoisotopic (exact) mass is 244 g/mol. The minimum atomic E-state index is 0.0640. The summed E-state index contributed by atoms with van der Waals surface area (Å²) in [5, 5.41) is 2.52. The Morgan fingerprint density at radius 2 is 2.28 bits per heavy atom. The van der Waals surface area contributed by atoms with Crippen LogP contribution in [0.1, 0.15) is 17.9 Å². The van der Waals surface area contributed by atoms with Crippen LogP contribution in [0.4, 0.5) is 0 Å². The van der Waals surface area contributed by atoms with Gasteiger partial charge in [-0.25, -0.2) is 5.06 Å². The standard InChI is InChI=1S/C14H16N2O2/c1-16(18-2)14(17)12-8-11(12)10-4-3-9-5-6-15-13(9)7-10/h3-7,11-12,15H,8H2,1-2H3. The zero-order chi connectivity index (χ0) is 12.7. The molecule has 1 aromatic heterocycles. The van der Waals surface area contributed by atoms with E-state index in [1.54, 1.807) is 7.05 Å². The van der Waals surface area contributed by atoms with E-state index in [9.17, 15) is 4.79 Å². The summed E-state index contributed by atoms with van der Waals surface area (Å²) in [6.45, 7) is 0. The molecule has 4 nitrogen and oxygen atoms in total. The van der Waals surface area contributed by atoms with E-state index in [2.05, 4.69) is 23.2 Å². The fourth-order valence-corrected chi connectivity index (χ4v) is 2.46. The summed E-state index contributed by atoms with van der Waals surface area (Å²) >= 11 is 0. The number of fused-ring (bicyclic) bond motifs is 1. The van der Waals surface area contributed by atoms with Crippen molar-refractivity contribution in [3.8, 4) is 0 Å². The Labute approximate surface area is 105 Å². The predicted molar refractivity (Wildman–Crippen MR) is 68.9 cm³/mol. The van der Waals surface area contributed by atoms with Gasteiger partial charge >= 0.3 is 0 Å². The first kappa shape index (κ1) is 11.3. The number of nitrogens with one attached hydrogen (secondary N) is 1. The summed E-state index contributed by atoms with van der Waals surface area (Å²) < 4.78 is 0. The molecule has 1 heterocycles. The van der Waals surface area contributed by atoms with Crippen LogP contribution in [-0.2, 0) is 9.63 Å². The summed E-state index contributed by atoms with van der Waals surface area (Å²) in [7, 11) is 3.17. The van der Waals surface area contributed by atoms with Crippen LogP contribution in [0.15, 0.2) is 30.5 Å². The number of carbonyl (C=O) groups excluding carboxylic acids is 1. The number of hydroxylamine groups is 2. The van der Waals surface area contributed by atoms with Gasteiger partial charge in [-0.15, -0.1) is 0 Å². The van der Waals surface area contributed by atoms with Crippen molar-refractivity contribution >= 4 is 16.8 Å². The van der Waals surface area contributed by atoms with Crippen LogP contribution in [0.2, 0.25) is 0 Å². The van der Waals surface area contributed by atoms with Gasteiger partial charge in [0, 0.05) is 24.7 Å². The molecule has 0 aliphatic heterocycles. The molecule has 2 aromatic rings. The second-order valence-corrected chi connectivity index (χ2v) is 4.79. The zero-order valence-electron chi connectivity index (χ0n) is 10.5. The summed E-state index contributed by atoms with van der Waals surface area (Å²) in [5.74, 6) is 0.472. The number of rotatable bonds is 3. The van der Waals surface area contributed by atoms with E-state index in [0.29, 0.717) is 5.92 Å². The summed E-state index contributed by atoms with van der Waals surface area (Å²) in [6, 6.07) is 8.40. The summed E-state index contributed by atoms with van der Waals surface area (Å²) in [4.78, 5) is 20.1. The Bertz CT molecular complexity index is 590. The van der Waals surface area contributed by atoms with Gasteiger partial charge in [0.2, 0.25) is 5.91 Å². The van der Waals surface area contributed by atoms with E-state index in [1.165, 1.54) is 23.1 Å². The van der Waals surface area contributed by atoms with Gasteiger partial charge in [0.25, 0.3) is 0 Å². The van der Waals surface area contributed by atoms with Crippen LogP contribution in [0.25, 0.3) is 10.9 Å². The molecular formula is C14H16N2O2. The maximum absolute atomic E-state index is 11.9. The van der Waals surface area contributed by atoms with Crippen LogP contribution in [-0.4, -0.2) is 30.1 Å². The van der Waals surface area contributed by atoms with E-state index in [4.69, 9.17) is 4.84 Å². The van der Waals surface area contributed by atoms with E-state index >= 15 is 0 Å². The molecular weight excluding hydrogens is 228 g/mol. The molecule has 1 saturated carbocycles. The van der Waals surface area contributed by atoms with Crippen molar-refractivity contribution in [3.05, 3.63) is 36.0 Å². The molecule has 0 spiro atoms. The molecule has 4 heteroatoms. The highest BCUT2D eigenvalue weighted by atomic mass is 16.7. The molecule has 1 amide bonds. The lowest BCUT2D eigenvalue weighted by Crippen LogP contribution is -2.27. The topological polar surface area (TPSA) is 45.3 Å². The third kappa shape index (κ3) is 1.78.